The predicted molar refractivity (Wildman–Crippen MR) is 68.5 cm³/mol. The van der Waals surface area contributed by atoms with E-state index in [1.54, 1.807) is 24.1 Å². The molecule has 0 aliphatic carbocycles. The monoisotopic (exact) mass is 285 g/mol. The number of hydrogen-bond donors (Lipinski definition) is 2. The van der Waals surface area contributed by atoms with Crippen LogP contribution in [0.15, 0.2) is 24.3 Å². The largest absolute Gasteiger partial charge is 0.508 e. The van der Waals surface area contributed by atoms with Crippen LogP contribution in [0, 0.1) is 6.92 Å². The molecule has 0 saturated heterocycles. The van der Waals surface area contributed by atoms with Gasteiger partial charge in [-0.15, -0.1) is 0 Å². The predicted octanol–water partition coefficient (Wildman–Crippen LogP) is 3.08. The zero-order valence-corrected chi connectivity index (χ0v) is 11.0. The molecule has 1 aromatic heterocycles. The van der Waals surface area contributed by atoms with E-state index in [1.807, 2.05) is 0 Å². The van der Waals surface area contributed by atoms with Crippen LogP contribution in [0.25, 0.3) is 0 Å². The van der Waals surface area contributed by atoms with Crippen molar-refractivity contribution in [2.45, 2.75) is 19.6 Å². The number of phenolic OH excluding ortho intramolecular Hbond substituents is 1. The summed E-state index contributed by atoms with van der Waals surface area (Å²) >= 11 is 0. The number of nitrogens with one attached hydrogen (secondary N) is 1. The van der Waals surface area contributed by atoms with Crippen molar-refractivity contribution >= 4 is 5.69 Å². The number of phenols is 1. The van der Waals surface area contributed by atoms with E-state index in [0.29, 0.717) is 11.4 Å². The Morgan fingerprint density at radius 1 is 1.35 bits per heavy atom. The zero-order valence-electron chi connectivity index (χ0n) is 11.0. The number of H-pyrrole nitrogens is 1. The van der Waals surface area contributed by atoms with E-state index in [4.69, 9.17) is 0 Å². The second kappa shape index (κ2) is 5.07. The fourth-order valence-electron chi connectivity index (χ4n) is 1.92. The van der Waals surface area contributed by atoms with Crippen LogP contribution in [-0.4, -0.2) is 22.4 Å². The van der Waals surface area contributed by atoms with Gasteiger partial charge in [-0.05, 0) is 19.1 Å². The first-order chi connectivity index (χ1) is 9.29. The average Bonchev–Trinajstić information content (AvgIpc) is 2.70. The Bertz CT molecular complexity index is 607. The van der Waals surface area contributed by atoms with Crippen LogP contribution in [0.1, 0.15) is 17.0 Å². The number of aromatic amines is 1. The normalized spacial score (nSPS) is 11.7. The smallest absolute Gasteiger partial charge is 0.435 e. The molecule has 0 radical (unpaired) electrons. The highest BCUT2D eigenvalue weighted by Gasteiger charge is 2.36. The minimum atomic E-state index is -4.46. The number of benzene rings is 1. The summed E-state index contributed by atoms with van der Waals surface area (Å²) in [4.78, 5) is 1.72. The third-order valence-electron chi connectivity index (χ3n) is 3.04. The lowest BCUT2D eigenvalue weighted by Gasteiger charge is -2.19. The first-order valence-electron chi connectivity index (χ1n) is 5.90. The lowest BCUT2D eigenvalue weighted by molar-refractivity contribution is -0.141. The van der Waals surface area contributed by atoms with Gasteiger partial charge in [0.25, 0.3) is 0 Å². The zero-order chi connectivity index (χ0) is 14.9. The van der Waals surface area contributed by atoms with Gasteiger partial charge in [0, 0.05) is 24.4 Å². The van der Waals surface area contributed by atoms with Gasteiger partial charge in [-0.25, -0.2) is 0 Å². The molecule has 2 aromatic rings. The molecule has 0 bridgehead atoms. The maximum atomic E-state index is 12.6. The summed E-state index contributed by atoms with van der Waals surface area (Å²) in [6.45, 7) is 1.62. The van der Waals surface area contributed by atoms with Crippen molar-refractivity contribution in [2.24, 2.45) is 0 Å². The lowest BCUT2D eigenvalue weighted by atomic mass is 10.2. The second-order valence-corrected chi connectivity index (χ2v) is 4.55. The molecule has 1 aromatic carbocycles. The molecule has 4 nitrogen and oxygen atoms in total. The van der Waals surface area contributed by atoms with Crippen LogP contribution in [0.3, 0.4) is 0 Å². The molecule has 0 unspecified atom stereocenters. The van der Waals surface area contributed by atoms with Crippen molar-refractivity contribution in [3.8, 4) is 5.75 Å². The fourth-order valence-corrected chi connectivity index (χ4v) is 1.92. The minimum Gasteiger partial charge on any atom is -0.508 e. The van der Waals surface area contributed by atoms with E-state index in [2.05, 4.69) is 10.2 Å². The number of anilines is 1. The summed E-state index contributed by atoms with van der Waals surface area (Å²) in [5.74, 6) is 0.103. The number of aromatic hydroxyl groups is 1. The highest BCUT2D eigenvalue weighted by Crippen LogP contribution is 2.31. The van der Waals surface area contributed by atoms with Gasteiger partial charge in [0.15, 0.2) is 5.69 Å². The van der Waals surface area contributed by atoms with E-state index < -0.39 is 11.9 Å². The summed E-state index contributed by atoms with van der Waals surface area (Å²) in [7, 11) is 1.72. The van der Waals surface area contributed by atoms with Crippen LogP contribution >= 0.6 is 0 Å². The summed E-state index contributed by atoms with van der Waals surface area (Å²) in [6.07, 6.45) is -4.46. The standard InChI is InChI=1S/C13H14F3N3O/c1-8-11(17-18-12(8)13(14,15)16)7-19(2)9-4-3-5-10(20)6-9/h3-6,20H,7H2,1-2H3,(H,17,18). The third kappa shape index (κ3) is 2.87. The first-order valence-corrected chi connectivity index (χ1v) is 5.90. The van der Waals surface area contributed by atoms with Gasteiger partial charge in [0.2, 0.25) is 0 Å². The number of alkyl halides is 3. The molecular formula is C13H14F3N3O. The summed E-state index contributed by atoms with van der Waals surface area (Å²) in [5, 5.41) is 15.1. The van der Waals surface area contributed by atoms with Crippen molar-refractivity contribution in [3.63, 3.8) is 0 Å². The molecule has 108 valence electrons. The number of nitrogens with zero attached hydrogens (tertiary/aromatic N) is 2. The summed E-state index contributed by atoms with van der Waals surface area (Å²) < 4.78 is 37.9. The van der Waals surface area contributed by atoms with Gasteiger partial charge in [0.1, 0.15) is 5.75 Å². The molecule has 0 spiro atoms. The van der Waals surface area contributed by atoms with E-state index in [0.717, 1.165) is 0 Å². The van der Waals surface area contributed by atoms with Crippen molar-refractivity contribution in [3.05, 3.63) is 41.2 Å². The van der Waals surface area contributed by atoms with Gasteiger partial charge in [-0.3, -0.25) is 5.10 Å². The Morgan fingerprint density at radius 3 is 2.60 bits per heavy atom. The van der Waals surface area contributed by atoms with Crippen molar-refractivity contribution in [2.75, 3.05) is 11.9 Å². The maximum Gasteiger partial charge on any atom is 0.435 e. The van der Waals surface area contributed by atoms with Crippen LogP contribution in [0.2, 0.25) is 0 Å². The highest BCUT2D eigenvalue weighted by atomic mass is 19.4. The molecule has 0 fully saturated rings. The van der Waals surface area contributed by atoms with Gasteiger partial charge in [0.05, 0.1) is 12.2 Å². The van der Waals surface area contributed by atoms with Gasteiger partial charge in [-0.2, -0.15) is 18.3 Å². The topological polar surface area (TPSA) is 52.2 Å². The number of rotatable bonds is 3. The molecule has 2 rings (SSSR count). The number of aromatic nitrogens is 2. The van der Waals surface area contributed by atoms with Crippen LogP contribution in [-0.2, 0) is 12.7 Å². The highest BCUT2D eigenvalue weighted by molar-refractivity contribution is 5.50. The van der Waals surface area contributed by atoms with E-state index in [9.17, 15) is 18.3 Å². The number of halogens is 3. The molecule has 20 heavy (non-hydrogen) atoms. The lowest BCUT2D eigenvalue weighted by Crippen LogP contribution is -2.17. The fraction of sp³-hybridized carbons (Fsp3) is 0.308. The molecule has 2 N–H and O–H groups in total. The number of hydrogen-bond acceptors (Lipinski definition) is 3. The van der Waals surface area contributed by atoms with Crippen LogP contribution in [0.5, 0.6) is 5.75 Å². The van der Waals surface area contributed by atoms with E-state index >= 15 is 0 Å². The Labute approximate surface area is 113 Å². The van der Waals surface area contributed by atoms with E-state index in [1.165, 1.54) is 19.1 Å². The minimum absolute atomic E-state index is 0.0875. The van der Waals surface area contributed by atoms with Gasteiger partial charge >= 0.3 is 6.18 Å². The Kier molecular flexibility index (Phi) is 3.61. The maximum absolute atomic E-state index is 12.6. The van der Waals surface area contributed by atoms with Crippen LogP contribution in [0.4, 0.5) is 18.9 Å². The molecule has 0 aliphatic heterocycles. The molecule has 7 heteroatoms. The Morgan fingerprint density at radius 2 is 2.05 bits per heavy atom. The van der Waals surface area contributed by atoms with Gasteiger partial charge in [-0.1, -0.05) is 6.07 Å². The SMILES string of the molecule is Cc1c(C(F)(F)F)n[nH]c1CN(C)c1cccc(O)c1. The second-order valence-electron chi connectivity index (χ2n) is 4.55. The Hall–Kier alpha value is -2.18. The summed E-state index contributed by atoms with van der Waals surface area (Å²) in [6, 6.07) is 6.50. The molecular weight excluding hydrogens is 271 g/mol. The van der Waals surface area contributed by atoms with Crippen molar-refractivity contribution < 1.29 is 18.3 Å². The van der Waals surface area contributed by atoms with E-state index in [-0.39, 0.29) is 17.9 Å². The van der Waals surface area contributed by atoms with Crippen molar-refractivity contribution in [1.29, 1.82) is 0 Å². The Balaban J connectivity index is 2.21. The molecule has 1 heterocycles. The molecule has 0 amide bonds. The third-order valence-corrected chi connectivity index (χ3v) is 3.04. The molecule has 0 saturated carbocycles. The molecule has 0 aliphatic rings. The summed E-state index contributed by atoms with van der Waals surface area (Å²) in [5.41, 5.74) is 0.289. The average molecular weight is 285 g/mol. The first kappa shape index (κ1) is 14.2. The van der Waals surface area contributed by atoms with Crippen LogP contribution < -0.4 is 4.90 Å². The molecule has 0 atom stereocenters. The van der Waals surface area contributed by atoms with Crippen molar-refractivity contribution in [1.82, 2.24) is 10.2 Å². The van der Waals surface area contributed by atoms with Gasteiger partial charge < -0.3 is 10.0 Å². The quantitative estimate of drug-likeness (QED) is 0.911.